The van der Waals surface area contributed by atoms with Gasteiger partial charge < -0.3 is 11.5 Å². The number of hydrogen-bond donors (Lipinski definition) is 2. The first-order chi connectivity index (χ1) is 24.7. The van der Waals surface area contributed by atoms with E-state index in [1.807, 2.05) is 50.2 Å². The maximum absolute atomic E-state index is 14.8. The van der Waals surface area contributed by atoms with Crippen molar-refractivity contribution in [3.8, 4) is 0 Å². The first-order valence-corrected chi connectivity index (χ1v) is 23.3. The maximum atomic E-state index is 14.8. The van der Waals surface area contributed by atoms with Gasteiger partial charge in [-0.2, -0.15) is 0 Å². The normalized spacial score (nSPS) is 13.1. The van der Waals surface area contributed by atoms with Crippen LogP contribution in [-0.2, 0) is 9.84 Å². The first kappa shape index (κ1) is 45.1. The smallest absolute Gasteiger partial charge is 0.164 e. The second kappa shape index (κ2) is 27.6. The third-order valence-corrected chi connectivity index (χ3v) is 13.9. The van der Waals surface area contributed by atoms with Crippen molar-refractivity contribution in [3.63, 3.8) is 0 Å². The molecule has 0 saturated heterocycles. The number of rotatable bonds is 32. The van der Waals surface area contributed by atoms with Crippen molar-refractivity contribution in [2.24, 2.45) is 0 Å². The molecule has 0 aromatic heterocycles. The van der Waals surface area contributed by atoms with Crippen molar-refractivity contribution in [2.45, 2.75) is 218 Å². The summed E-state index contributed by atoms with van der Waals surface area (Å²) < 4.78 is 29.7. The van der Waals surface area contributed by atoms with Crippen LogP contribution in [0.15, 0.2) is 36.4 Å². The quantitative estimate of drug-likeness (QED) is 0.0581. The molecule has 5 heteroatoms. The van der Waals surface area contributed by atoms with Crippen LogP contribution in [0.5, 0.6) is 0 Å². The Labute approximate surface area is 316 Å². The molecule has 0 aliphatic rings. The molecule has 2 atom stereocenters. The Morgan fingerprint density at radius 1 is 0.431 bits per heavy atom. The van der Waals surface area contributed by atoms with E-state index in [4.69, 9.17) is 11.5 Å². The average molecular weight is 725 g/mol. The van der Waals surface area contributed by atoms with Crippen LogP contribution in [0.3, 0.4) is 0 Å². The number of anilines is 2. The van der Waals surface area contributed by atoms with Crippen LogP contribution < -0.4 is 11.5 Å². The van der Waals surface area contributed by atoms with Gasteiger partial charge in [0.15, 0.2) is 9.84 Å². The summed E-state index contributed by atoms with van der Waals surface area (Å²) in [6, 6.07) is 11.8. The van der Waals surface area contributed by atoms with E-state index < -0.39 is 20.3 Å². The van der Waals surface area contributed by atoms with Crippen molar-refractivity contribution in [3.05, 3.63) is 58.7 Å². The van der Waals surface area contributed by atoms with Crippen LogP contribution in [0.2, 0.25) is 0 Å². The highest BCUT2D eigenvalue weighted by Crippen LogP contribution is 2.42. The van der Waals surface area contributed by atoms with Gasteiger partial charge in [0.05, 0.1) is 10.5 Å². The van der Waals surface area contributed by atoms with E-state index in [0.717, 1.165) is 47.9 Å². The van der Waals surface area contributed by atoms with E-state index in [1.54, 1.807) is 0 Å². The Kier molecular flexibility index (Phi) is 24.4. The zero-order valence-corrected chi connectivity index (χ0v) is 34.6. The van der Waals surface area contributed by atoms with Crippen LogP contribution in [-0.4, -0.2) is 8.42 Å². The number of nitrogens with two attached hydrogens (primary N) is 2. The molecule has 4 N–H and O–H groups in total. The third-order valence-electron chi connectivity index (χ3n) is 11.3. The minimum Gasteiger partial charge on any atom is -0.399 e. The number of hydrogen-bond acceptors (Lipinski definition) is 4. The molecular weight excluding hydrogens is 645 g/mol. The molecular formula is C46H80N2O2S. The Hall–Kier alpha value is -2.01. The molecule has 2 unspecified atom stereocenters. The standard InChI is InChI=1S/C46H80N2O2S/c1-5-7-9-11-13-15-17-19-21-23-25-27-29-31-45(41-35-33-39(3)43(47)37-41)51(49,50)46(42-36-34-40(4)44(48)38-42)32-30-28-26-24-22-20-18-16-14-12-10-8-6-2/h33-38,45-46H,5-32,47-48H2,1-4H3. The number of aryl methyl sites for hydroxylation is 2. The molecule has 0 bridgehead atoms. The van der Waals surface area contributed by atoms with Crippen molar-refractivity contribution in [1.82, 2.24) is 0 Å². The summed E-state index contributed by atoms with van der Waals surface area (Å²) >= 11 is 0. The molecule has 292 valence electrons. The fraction of sp³-hybridized carbons (Fsp3) is 0.739. The SMILES string of the molecule is CCCCCCCCCCCCCCCC(c1ccc(C)c(N)c1)S(=O)(=O)C(CCCCCCCCCCCCCCC)c1ccc(C)c(N)c1. The lowest BCUT2D eigenvalue weighted by Gasteiger charge is -2.26. The lowest BCUT2D eigenvalue weighted by atomic mass is 10.0. The first-order valence-electron chi connectivity index (χ1n) is 21.7. The van der Waals surface area contributed by atoms with Gasteiger partial charge >= 0.3 is 0 Å². The largest absolute Gasteiger partial charge is 0.399 e. The second-order valence-electron chi connectivity index (χ2n) is 15.9. The summed E-state index contributed by atoms with van der Waals surface area (Å²) in [5, 5.41) is -1.13. The van der Waals surface area contributed by atoms with E-state index >= 15 is 0 Å². The van der Waals surface area contributed by atoms with E-state index in [0.29, 0.717) is 24.2 Å². The summed E-state index contributed by atoms with van der Waals surface area (Å²) in [6.07, 6.45) is 34.5. The van der Waals surface area contributed by atoms with Crippen LogP contribution in [0.1, 0.15) is 226 Å². The molecule has 0 saturated carbocycles. The van der Waals surface area contributed by atoms with Crippen molar-refractivity contribution in [1.29, 1.82) is 0 Å². The molecule has 0 aliphatic heterocycles. The Balaban J connectivity index is 1.98. The lowest BCUT2D eigenvalue weighted by molar-refractivity contribution is 0.515. The average Bonchev–Trinajstić information content (AvgIpc) is 3.11. The summed E-state index contributed by atoms with van der Waals surface area (Å²) in [5.41, 5.74) is 17.8. The highest BCUT2D eigenvalue weighted by molar-refractivity contribution is 7.91. The van der Waals surface area contributed by atoms with Gasteiger partial charge in [-0.3, -0.25) is 0 Å². The summed E-state index contributed by atoms with van der Waals surface area (Å²) in [7, 11) is -3.57. The highest BCUT2D eigenvalue weighted by Gasteiger charge is 2.36. The maximum Gasteiger partial charge on any atom is 0.164 e. The molecule has 0 fully saturated rings. The number of benzene rings is 2. The molecule has 2 aromatic rings. The van der Waals surface area contributed by atoms with Crippen molar-refractivity contribution >= 4 is 21.2 Å². The predicted molar refractivity (Wildman–Crippen MR) is 226 cm³/mol. The monoisotopic (exact) mass is 725 g/mol. The molecule has 0 heterocycles. The number of nitrogen functional groups attached to an aromatic ring is 2. The Morgan fingerprint density at radius 3 is 0.941 bits per heavy atom. The molecule has 0 spiro atoms. The zero-order chi connectivity index (χ0) is 37.2. The highest BCUT2D eigenvalue weighted by atomic mass is 32.2. The van der Waals surface area contributed by atoms with Crippen LogP contribution in [0.4, 0.5) is 11.4 Å². The van der Waals surface area contributed by atoms with E-state index in [1.165, 1.54) is 141 Å². The molecule has 4 nitrogen and oxygen atoms in total. The van der Waals surface area contributed by atoms with Gasteiger partial charge in [0.25, 0.3) is 0 Å². The molecule has 0 aliphatic carbocycles. The van der Waals surface area contributed by atoms with E-state index in [-0.39, 0.29) is 0 Å². The summed E-state index contributed by atoms with van der Waals surface area (Å²) in [4.78, 5) is 0. The third kappa shape index (κ3) is 18.5. The molecule has 0 radical (unpaired) electrons. The molecule has 2 aromatic carbocycles. The van der Waals surface area contributed by atoms with Crippen LogP contribution in [0, 0.1) is 13.8 Å². The van der Waals surface area contributed by atoms with Crippen molar-refractivity contribution < 1.29 is 8.42 Å². The number of sulfone groups is 1. The number of unbranched alkanes of at least 4 members (excludes halogenated alkanes) is 24. The lowest BCUT2D eigenvalue weighted by Crippen LogP contribution is -2.22. The minimum absolute atomic E-state index is 0.567. The fourth-order valence-corrected chi connectivity index (χ4v) is 10.1. The predicted octanol–water partition coefficient (Wildman–Crippen LogP) is 14.6. The van der Waals surface area contributed by atoms with E-state index in [2.05, 4.69) is 13.8 Å². The van der Waals surface area contributed by atoms with E-state index in [9.17, 15) is 8.42 Å². The van der Waals surface area contributed by atoms with Gasteiger partial charge in [-0.1, -0.05) is 205 Å². The van der Waals surface area contributed by atoms with Gasteiger partial charge in [-0.15, -0.1) is 0 Å². The zero-order valence-electron chi connectivity index (χ0n) is 33.8. The van der Waals surface area contributed by atoms with Crippen molar-refractivity contribution in [2.75, 3.05) is 11.5 Å². The molecule has 2 rings (SSSR count). The molecule has 0 amide bonds. The van der Waals surface area contributed by atoms with Gasteiger partial charge in [0, 0.05) is 11.4 Å². The topological polar surface area (TPSA) is 86.2 Å². The fourth-order valence-electron chi connectivity index (χ4n) is 7.65. The van der Waals surface area contributed by atoms with Crippen LogP contribution in [0.25, 0.3) is 0 Å². The minimum atomic E-state index is -3.57. The Morgan fingerprint density at radius 2 is 0.686 bits per heavy atom. The summed E-state index contributed by atoms with van der Waals surface area (Å²) in [6.45, 7) is 8.53. The van der Waals surface area contributed by atoms with Gasteiger partial charge in [-0.25, -0.2) is 8.42 Å². The van der Waals surface area contributed by atoms with Gasteiger partial charge in [-0.05, 0) is 61.1 Å². The van der Waals surface area contributed by atoms with Gasteiger partial charge in [0.2, 0.25) is 0 Å². The Bertz CT molecular complexity index is 1180. The van der Waals surface area contributed by atoms with Crippen LogP contribution >= 0.6 is 0 Å². The van der Waals surface area contributed by atoms with Gasteiger partial charge in [0.1, 0.15) is 0 Å². The second-order valence-corrected chi connectivity index (χ2v) is 18.2. The molecule has 51 heavy (non-hydrogen) atoms. The summed E-state index contributed by atoms with van der Waals surface area (Å²) in [5.74, 6) is 0.